The summed E-state index contributed by atoms with van der Waals surface area (Å²) in [6.07, 6.45) is 7.88. The van der Waals surface area contributed by atoms with Gasteiger partial charge in [-0.1, -0.05) is 40.5 Å². The predicted molar refractivity (Wildman–Crippen MR) is 65.2 cm³/mol. The Balaban J connectivity index is 1.81. The van der Waals surface area contributed by atoms with E-state index in [1.807, 2.05) is 0 Å². The standard InChI is InChI=1S/C13H17Br/c14-9-3-1-2-4-11-5-6-12-7-8-13(12)10-11/h5-6,10H,1-4,7-9H2. The van der Waals surface area contributed by atoms with Gasteiger partial charge in [-0.2, -0.15) is 0 Å². The molecule has 0 nitrogen and oxygen atoms in total. The highest BCUT2D eigenvalue weighted by Crippen LogP contribution is 2.24. The van der Waals surface area contributed by atoms with Gasteiger partial charge < -0.3 is 0 Å². The Labute approximate surface area is 94.8 Å². The minimum atomic E-state index is 1.15. The Kier molecular flexibility index (Phi) is 3.63. The number of hydrogen-bond donors (Lipinski definition) is 0. The zero-order valence-corrected chi connectivity index (χ0v) is 10.1. The smallest absolute Gasteiger partial charge is 0.00313 e. The normalized spacial score (nSPS) is 13.5. The Hall–Kier alpha value is -0.300. The second kappa shape index (κ2) is 4.97. The van der Waals surface area contributed by atoms with Gasteiger partial charge in [0.05, 0.1) is 0 Å². The van der Waals surface area contributed by atoms with Crippen LogP contribution in [0.25, 0.3) is 0 Å². The van der Waals surface area contributed by atoms with Crippen LogP contribution < -0.4 is 0 Å². The highest BCUT2D eigenvalue weighted by Gasteiger charge is 2.12. The van der Waals surface area contributed by atoms with Gasteiger partial charge in [0.1, 0.15) is 0 Å². The SMILES string of the molecule is BrCCCCCc1ccc2c(c1)CC2. The number of rotatable bonds is 5. The molecule has 0 radical (unpaired) electrons. The molecule has 0 spiro atoms. The van der Waals surface area contributed by atoms with Gasteiger partial charge in [0.25, 0.3) is 0 Å². The van der Waals surface area contributed by atoms with E-state index in [2.05, 4.69) is 34.1 Å². The summed E-state index contributed by atoms with van der Waals surface area (Å²) in [5.41, 5.74) is 4.72. The van der Waals surface area contributed by atoms with Crippen molar-refractivity contribution in [2.45, 2.75) is 38.5 Å². The third-order valence-electron chi connectivity index (χ3n) is 3.03. The lowest BCUT2D eigenvalue weighted by atomic mass is 9.86. The molecule has 2 rings (SSSR count). The lowest BCUT2D eigenvalue weighted by Crippen LogP contribution is -2.08. The van der Waals surface area contributed by atoms with Crippen molar-refractivity contribution in [3.8, 4) is 0 Å². The Morgan fingerprint density at radius 3 is 2.50 bits per heavy atom. The van der Waals surface area contributed by atoms with Crippen LogP contribution in [0.1, 0.15) is 36.0 Å². The summed E-state index contributed by atoms with van der Waals surface area (Å²) in [5.74, 6) is 0. The average molecular weight is 253 g/mol. The Bertz CT molecular complexity index is 304. The van der Waals surface area contributed by atoms with Crippen molar-refractivity contribution in [3.63, 3.8) is 0 Å². The number of halogens is 1. The number of fused-ring (bicyclic) bond motifs is 1. The molecule has 0 fully saturated rings. The summed E-state index contributed by atoms with van der Waals surface area (Å²) in [6.45, 7) is 0. The van der Waals surface area contributed by atoms with Crippen LogP contribution in [0.2, 0.25) is 0 Å². The maximum atomic E-state index is 3.47. The fraction of sp³-hybridized carbons (Fsp3) is 0.538. The molecule has 0 bridgehead atoms. The molecule has 0 heterocycles. The molecule has 0 saturated carbocycles. The lowest BCUT2D eigenvalue weighted by molar-refractivity contribution is 0.721. The minimum Gasteiger partial charge on any atom is -0.0928 e. The van der Waals surface area contributed by atoms with E-state index < -0.39 is 0 Å². The minimum absolute atomic E-state index is 1.15. The van der Waals surface area contributed by atoms with Crippen molar-refractivity contribution in [3.05, 3.63) is 34.9 Å². The van der Waals surface area contributed by atoms with Gasteiger partial charge in [0, 0.05) is 5.33 Å². The summed E-state index contributed by atoms with van der Waals surface area (Å²) in [4.78, 5) is 0. The second-order valence-electron chi connectivity index (χ2n) is 4.10. The molecule has 0 atom stereocenters. The van der Waals surface area contributed by atoms with Gasteiger partial charge in [-0.3, -0.25) is 0 Å². The van der Waals surface area contributed by atoms with Crippen LogP contribution in [0, 0.1) is 0 Å². The number of hydrogen-bond acceptors (Lipinski definition) is 0. The van der Waals surface area contributed by atoms with Crippen molar-refractivity contribution in [1.82, 2.24) is 0 Å². The monoisotopic (exact) mass is 252 g/mol. The number of aryl methyl sites for hydroxylation is 3. The van der Waals surface area contributed by atoms with E-state index in [0.717, 1.165) is 5.33 Å². The zero-order chi connectivity index (χ0) is 9.80. The van der Waals surface area contributed by atoms with E-state index in [1.54, 1.807) is 11.1 Å². The molecular formula is C13H17Br. The van der Waals surface area contributed by atoms with Gasteiger partial charge in [0.2, 0.25) is 0 Å². The Morgan fingerprint density at radius 2 is 1.86 bits per heavy atom. The number of alkyl halides is 1. The molecule has 14 heavy (non-hydrogen) atoms. The van der Waals surface area contributed by atoms with E-state index in [0.29, 0.717) is 0 Å². The van der Waals surface area contributed by atoms with E-state index >= 15 is 0 Å². The molecule has 1 aliphatic rings. The molecular weight excluding hydrogens is 236 g/mol. The van der Waals surface area contributed by atoms with E-state index in [9.17, 15) is 0 Å². The van der Waals surface area contributed by atoms with Crippen LogP contribution in [-0.4, -0.2) is 5.33 Å². The topological polar surface area (TPSA) is 0 Å². The van der Waals surface area contributed by atoms with Crippen molar-refractivity contribution >= 4 is 15.9 Å². The van der Waals surface area contributed by atoms with Gasteiger partial charge in [-0.05, 0) is 48.8 Å². The summed E-state index contributed by atoms with van der Waals surface area (Å²) in [5, 5.41) is 1.15. The molecule has 1 aromatic rings. The molecule has 0 saturated heterocycles. The van der Waals surface area contributed by atoms with Crippen LogP contribution in [0.5, 0.6) is 0 Å². The third kappa shape index (κ3) is 2.38. The summed E-state index contributed by atoms with van der Waals surface area (Å²) >= 11 is 3.47. The molecule has 0 N–H and O–H groups in total. The van der Waals surface area contributed by atoms with E-state index in [1.165, 1.54) is 44.1 Å². The van der Waals surface area contributed by atoms with Crippen LogP contribution >= 0.6 is 15.9 Å². The van der Waals surface area contributed by atoms with Crippen molar-refractivity contribution < 1.29 is 0 Å². The highest BCUT2D eigenvalue weighted by molar-refractivity contribution is 9.09. The van der Waals surface area contributed by atoms with Gasteiger partial charge in [0.15, 0.2) is 0 Å². The van der Waals surface area contributed by atoms with Crippen LogP contribution in [0.4, 0.5) is 0 Å². The van der Waals surface area contributed by atoms with Crippen molar-refractivity contribution in [2.75, 3.05) is 5.33 Å². The first-order valence-corrected chi connectivity index (χ1v) is 6.69. The molecule has 1 heteroatoms. The average Bonchev–Trinajstić information content (AvgIpc) is 2.16. The number of benzene rings is 1. The second-order valence-corrected chi connectivity index (χ2v) is 4.90. The van der Waals surface area contributed by atoms with Gasteiger partial charge in [-0.15, -0.1) is 0 Å². The molecule has 0 aromatic heterocycles. The predicted octanol–water partition coefficient (Wildman–Crippen LogP) is 3.89. The third-order valence-corrected chi connectivity index (χ3v) is 3.59. The molecule has 0 aliphatic heterocycles. The molecule has 1 aromatic carbocycles. The summed E-state index contributed by atoms with van der Waals surface area (Å²) in [6, 6.07) is 7.04. The first kappa shape index (κ1) is 10.2. The first-order valence-electron chi connectivity index (χ1n) is 5.57. The molecule has 0 unspecified atom stereocenters. The Morgan fingerprint density at radius 1 is 1.00 bits per heavy atom. The van der Waals surface area contributed by atoms with E-state index in [4.69, 9.17) is 0 Å². The maximum absolute atomic E-state index is 3.47. The fourth-order valence-corrected chi connectivity index (χ4v) is 2.40. The van der Waals surface area contributed by atoms with Crippen LogP contribution in [-0.2, 0) is 19.3 Å². The van der Waals surface area contributed by atoms with Gasteiger partial charge in [-0.25, -0.2) is 0 Å². The summed E-state index contributed by atoms with van der Waals surface area (Å²) in [7, 11) is 0. The number of unbranched alkanes of at least 4 members (excludes halogenated alkanes) is 2. The van der Waals surface area contributed by atoms with Crippen molar-refractivity contribution in [1.29, 1.82) is 0 Å². The van der Waals surface area contributed by atoms with Gasteiger partial charge >= 0.3 is 0 Å². The quantitative estimate of drug-likeness (QED) is 0.551. The molecule has 76 valence electrons. The molecule has 0 amide bonds. The molecule has 1 aliphatic carbocycles. The van der Waals surface area contributed by atoms with Crippen LogP contribution in [0.15, 0.2) is 18.2 Å². The fourth-order valence-electron chi connectivity index (χ4n) is 2.00. The largest absolute Gasteiger partial charge is 0.0928 e. The zero-order valence-electron chi connectivity index (χ0n) is 8.56. The first-order chi connectivity index (χ1) is 6.90. The summed E-state index contributed by atoms with van der Waals surface area (Å²) < 4.78 is 0. The van der Waals surface area contributed by atoms with E-state index in [-0.39, 0.29) is 0 Å². The van der Waals surface area contributed by atoms with Crippen molar-refractivity contribution in [2.24, 2.45) is 0 Å². The highest BCUT2D eigenvalue weighted by atomic mass is 79.9. The van der Waals surface area contributed by atoms with Crippen LogP contribution in [0.3, 0.4) is 0 Å². The maximum Gasteiger partial charge on any atom is 0.00313 e. The lowest BCUT2D eigenvalue weighted by Gasteiger charge is -2.19.